The molecule has 0 saturated heterocycles. The number of hydrogen-bond donors (Lipinski definition) is 0. The van der Waals surface area contributed by atoms with E-state index in [1.165, 1.54) is 10.1 Å². The molecule has 3 aromatic rings. The van der Waals surface area contributed by atoms with Gasteiger partial charge in [0.1, 0.15) is 13.2 Å². The quantitative estimate of drug-likeness (QED) is 0.681. The number of carbonyl (C=O) groups excluding carboxylic acids is 1. The zero-order chi connectivity index (χ0) is 18.0. The molecule has 0 bridgehead atoms. The topological polar surface area (TPSA) is 61.4 Å². The smallest absolute Gasteiger partial charge is 0.420 e. The monoisotopic (exact) mass is 339 g/mol. The molecule has 2 aromatic carbocycles. The second kappa shape index (κ2) is 6.59. The van der Waals surface area contributed by atoms with Crippen LogP contribution in [-0.2, 0) is 28.1 Å². The second-order valence-electron chi connectivity index (χ2n) is 7.03. The number of esters is 1. The molecule has 0 fully saturated rings. The summed E-state index contributed by atoms with van der Waals surface area (Å²) in [6.07, 6.45) is 0. The Labute approximate surface area is 145 Å². The first-order valence-corrected chi connectivity index (χ1v) is 8.18. The number of benzene rings is 2. The number of ether oxygens (including phenoxy) is 1. The summed E-state index contributed by atoms with van der Waals surface area (Å²) in [5.41, 5.74) is 3.25. The Morgan fingerprint density at radius 1 is 1.08 bits per heavy atom. The fourth-order valence-electron chi connectivity index (χ4n) is 2.60. The fraction of sp³-hybridized carbons (Fsp3) is 0.300. The van der Waals surface area contributed by atoms with Crippen LogP contribution in [0.25, 0.3) is 11.1 Å². The van der Waals surface area contributed by atoms with Crippen LogP contribution in [0.4, 0.5) is 0 Å². The zero-order valence-electron chi connectivity index (χ0n) is 14.6. The summed E-state index contributed by atoms with van der Waals surface area (Å²) in [6, 6.07) is 15.0. The largest absolute Gasteiger partial charge is 0.459 e. The first-order valence-electron chi connectivity index (χ1n) is 8.18. The lowest BCUT2D eigenvalue weighted by atomic mass is 9.87. The van der Waals surface area contributed by atoms with Gasteiger partial charge < -0.3 is 9.15 Å². The van der Waals surface area contributed by atoms with Crippen molar-refractivity contribution in [1.82, 2.24) is 4.57 Å². The van der Waals surface area contributed by atoms with E-state index in [-0.39, 0.29) is 18.6 Å². The molecule has 5 heteroatoms. The minimum atomic E-state index is -0.562. The van der Waals surface area contributed by atoms with Crippen LogP contribution in [0.15, 0.2) is 57.7 Å². The number of para-hydroxylation sites is 2. The highest BCUT2D eigenvalue weighted by molar-refractivity contribution is 5.76. The molecule has 1 aromatic heterocycles. The van der Waals surface area contributed by atoms with Gasteiger partial charge in [-0.1, -0.05) is 57.2 Å². The van der Waals surface area contributed by atoms with Gasteiger partial charge in [0, 0.05) is 0 Å². The van der Waals surface area contributed by atoms with Crippen molar-refractivity contribution in [2.75, 3.05) is 0 Å². The van der Waals surface area contributed by atoms with Gasteiger partial charge in [-0.05, 0) is 28.7 Å². The summed E-state index contributed by atoms with van der Waals surface area (Å²) in [5, 5.41) is 0. The molecule has 25 heavy (non-hydrogen) atoms. The number of aromatic nitrogens is 1. The van der Waals surface area contributed by atoms with Gasteiger partial charge in [-0.2, -0.15) is 0 Å². The van der Waals surface area contributed by atoms with Gasteiger partial charge in [0.25, 0.3) is 0 Å². The molecule has 0 aliphatic carbocycles. The molecule has 5 nitrogen and oxygen atoms in total. The summed E-state index contributed by atoms with van der Waals surface area (Å²) in [4.78, 5) is 24.0. The number of rotatable bonds is 4. The number of nitrogens with zero attached hydrogens (tertiary/aromatic N) is 1. The van der Waals surface area contributed by atoms with Crippen LogP contribution in [0.5, 0.6) is 0 Å². The van der Waals surface area contributed by atoms with Gasteiger partial charge in [-0.25, -0.2) is 4.79 Å². The molecule has 0 saturated carbocycles. The van der Waals surface area contributed by atoms with Crippen molar-refractivity contribution in [3.05, 3.63) is 70.2 Å². The molecule has 1 heterocycles. The van der Waals surface area contributed by atoms with Crippen LogP contribution in [-0.4, -0.2) is 10.5 Å². The molecule has 0 spiro atoms. The van der Waals surface area contributed by atoms with E-state index in [1.807, 2.05) is 24.3 Å². The maximum atomic E-state index is 12.1. The molecule has 3 rings (SSSR count). The molecule has 0 radical (unpaired) electrons. The van der Waals surface area contributed by atoms with E-state index in [1.54, 1.807) is 24.3 Å². The number of carbonyl (C=O) groups is 1. The van der Waals surface area contributed by atoms with Crippen molar-refractivity contribution in [2.45, 2.75) is 39.3 Å². The zero-order valence-corrected chi connectivity index (χ0v) is 14.6. The summed E-state index contributed by atoms with van der Waals surface area (Å²) < 4.78 is 11.7. The average molecular weight is 339 g/mol. The molecular formula is C20H21NO4. The highest BCUT2D eigenvalue weighted by Crippen LogP contribution is 2.22. The summed E-state index contributed by atoms with van der Waals surface area (Å²) in [6.45, 7) is 6.45. The van der Waals surface area contributed by atoms with Crippen LogP contribution in [0.2, 0.25) is 0 Å². The molecule has 130 valence electrons. The van der Waals surface area contributed by atoms with Gasteiger partial charge >= 0.3 is 11.7 Å². The Morgan fingerprint density at radius 3 is 2.44 bits per heavy atom. The van der Waals surface area contributed by atoms with Crippen molar-refractivity contribution < 1.29 is 13.9 Å². The van der Waals surface area contributed by atoms with Crippen molar-refractivity contribution >= 4 is 17.1 Å². The van der Waals surface area contributed by atoms with Crippen LogP contribution < -0.4 is 5.76 Å². The first kappa shape index (κ1) is 17.0. The molecule has 0 aliphatic heterocycles. The van der Waals surface area contributed by atoms with E-state index in [0.29, 0.717) is 11.1 Å². The van der Waals surface area contributed by atoms with Crippen LogP contribution in [0.3, 0.4) is 0 Å². The Morgan fingerprint density at radius 2 is 1.76 bits per heavy atom. The molecule has 0 aliphatic rings. The molecule has 0 atom stereocenters. The maximum absolute atomic E-state index is 12.1. The third-order valence-electron chi connectivity index (χ3n) is 4.08. The van der Waals surface area contributed by atoms with E-state index in [4.69, 9.17) is 9.15 Å². The number of oxazole rings is 1. The fourth-order valence-corrected chi connectivity index (χ4v) is 2.60. The van der Waals surface area contributed by atoms with Gasteiger partial charge in [-0.15, -0.1) is 0 Å². The average Bonchev–Trinajstić information content (AvgIpc) is 2.88. The van der Waals surface area contributed by atoms with E-state index in [9.17, 15) is 9.59 Å². The van der Waals surface area contributed by atoms with Crippen LogP contribution >= 0.6 is 0 Å². The lowest BCUT2D eigenvalue weighted by molar-refractivity contribution is -0.145. The number of hydrogen-bond acceptors (Lipinski definition) is 4. The number of fused-ring (bicyclic) bond motifs is 1. The Balaban J connectivity index is 1.65. The van der Waals surface area contributed by atoms with Gasteiger partial charge in [0.15, 0.2) is 5.58 Å². The van der Waals surface area contributed by atoms with Crippen LogP contribution in [0, 0.1) is 0 Å². The Hall–Kier alpha value is -2.82. The maximum Gasteiger partial charge on any atom is 0.420 e. The van der Waals surface area contributed by atoms with Gasteiger partial charge in [0.2, 0.25) is 0 Å². The van der Waals surface area contributed by atoms with E-state index in [0.717, 1.165) is 5.56 Å². The summed E-state index contributed by atoms with van der Waals surface area (Å²) in [5.74, 6) is -1.04. The van der Waals surface area contributed by atoms with Crippen LogP contribution in [0.1, 0.15) is 31.9 Å². The SMILES string of the molecule is CC(C)(C)c1ccc(COC(=O)Cn2c(=O)oc3ccccc32)cc1. The van der Waals surface area contributed by atoms with E-state index < -0.39 is 11.7 Å². The summed E-state index contributed by atoms with van der Waals surface area (Å²) in [7, 11) is 0. The third-order valence-corrected chi connectivity index (χ3v) is 4.08. The third kappa shape index (κ3) is 3.82. The van der Waals surface area contributed by atoms with Gasteiger partial charge in [0.05, 0.1) is 5.52 Å². The van der Waals surface area contributed by atoms with Crippen molar-refractivity contribution in [2.24, 2.45) is 0 Å². The van der Waals surface area contributed by atoms with Gasteiger partial charge in [-0.3, -0.25) is 9.36 Å². The lowest BCUT2D eigenvalue weighted by Crippen LogP contribution is -2.21. The van der Waals surface area contributed by atoms with Crippen molar-refractivity contribution in [3.63, 3.8) is 0 Å². The minimum Gasteiger partial charge on any atom is -0.459 e. The minimum absolute atomic E-state index is 0.0821. The summed E-state index contributed by atoms with van der Waals surface area (Å²) >= 11 is 0. The standard InChI is InChI=1S/C20H21NO4/c1-20(2,3)15-10-8-14(9-11-15)13-24-18(22)12-21-16-6-4-5-7-17(16)25-19(21)23/h4-11H,12-13H2,1-3H3. The predicted molar refractivity (Wildman–Crippen MR) is 95.4 cm³/mol. The second-order valence-corrected chi connectivity index (χ2v) is 7.03. The lowest BCUT2D eigenvalue weighted by Gasteiger charge is -2.19. The molecule has 0 amide bonds. The van der Waals surface area contributed by atoms with E-state index in [2.05, 4.69) is 20.8 Å². The highest BCUT2D eigenvalue weighted by Gasteiger charge is 2.15. The normalized spacial score (nSPS) is 11.6. The molecular weight excluding hydrogens is 318 g/mol. The first-order chi connectivity index (χ1) is 11.8. The highest BCUT2D eigenvalue weighted by atomic mass is 16.5. The van der Waals surface area contributed by atoms with Crippen molar-refractivity contribution in [1.29, 1.82) is 0 Å². The van der Waals surface area contributed by atoms with Crippen molar-refractivity contribution in [3.8, 4) is 0 Å². The Kier molecular flexibility index (Phi) is 4.49. The molecule has 0 N–H and O–H groups in total. The Bertz CT molecular complexity index is 942. The predicted octanol–water partition coefficient (Wildman–Crippen LogP) is 3.64. The van der Waals surface area contributed by atoms with E-state index >= 15 is 0 Å². The molecule has 0 unspecified atom stereocenters.